The van der Waals surface area contributed by atoms with Gasteiger partial charge in [-0.1, -0.05) is 26.0 Å². The molecule has 29 heavy (non-hydrogen) atoms. The van der Waals surface area contributed by atoms with Crippen LogP contribution in [0.1, 0.15) is 43.7 Å². The molecule has 3 heterocycles. The van der Waals surface area contributed by atoms with Gasteiger partial charge in [-0.2, -0.15) is 19.6 Å². The van der Waals surface area contributed by atoms with E-state index < -0.39 is 0 Å². The fourth-order valence-corrected chi connectivity index (χ4v) is 3.52. The molecular weight excluding hydrogens is 366 g/mol. The molecule has 0 spiro atoms. The first-order chi connectivity index (χ1) is 14.1. The van der Waals surface area contributed by atoms with Gasteiger partial charge in [0.15, 0.2) is 5.65 Å². The zero-order chi connectivity index (χ0) is 20.2. The minimum absolute atomic E-state index is 0.330. The lowest BCUT2D eigenvalue weighted by molar-refractivity contribution is 0.0903. The van der Waals surface area contributed by atoms with E-state index in [9.17, 15) is 0 Å². The van der Waals surface area contributed by atoms with Crippen molar-refractivity contribution in [2.45, 2.75) is 45.2 Å². The lowest BCUT2D eigenvalue weighted by atomic mass is 10.1. The van der Waals surface area contributed by atoms with Crippen molar-refractivity contribution < 1.29 is 4.74 Å². The highest BCUT2D eigenvalue weighted by Crippen LogP contribution is 2.23. The summed E-state index contributed by atoms with van der Waals surface area (Å²) in [5, 5.41) is 14.7. The molecule has 0 radical (unpaired) electrons. The third kappa shape index (κ3) is 4.42. The largest absolute Gasteiger partial charge is 0.388 e. The van der Waals surface area contributed by atoms with Crippen LogP contribution in [0.25, 0.3) is 5.65 Å². The predicted molar refractivity (Wildman–Crippen MR) is 116 cm³/mol. The van der Waals surface area contributed by atoms with Crippen molar-refractivity contribution in [1.29, 1.82) is 0 Å². The number of hydrogen-bond acceptors (Lipinski definition) is 7. The normalized spacial score (nSPS) is 15.0. The number of nitrogens with zero attached hydrogens (tertiary/aromatic N) is 4. The molecule has 4 rings (SSSR count). The molecule has 0 aliphatic carbocycles. The summed E-state index contributed by atoms with van der Waals surface area (Å²) in [4.78, 5) is 9.52. The van der Waals surface area contributed by atoms with Crippen LogP contribution in [-0.4, -0.2) is 45.9 Å². The maximum absolute atomic E-state index is 5.46. The van der Waals surface area contributed by atoms with Crippen molar-refractivity contribution in [3.8, 4) is 0 Å². The van der Waals surface area contributed by atoms with Crippen LogP contribution >= 0.6 is 0 Å². The number of anilines is 3. The molecule has 0 unspecified atom stereocenters. The molecule has 1 aliphatic heterocycles. The summed E-state index contributed by atoms with van der Waals surface area (Å²) in [6.45, 7) is 6.50. The van der Waals surface area contributed by atoms with Crippen LogP contribution in [0.15, 0.2) is 30.5 Å². The van der Waals surface area contributed by atoms with Gasteiger partial charge in [-0.05, 0) is 36.5 Å². The Kier molecular flexibility index (Phi) is 5.80. The van der Waals surface area contributed by atoms with Gasteiger partial charge in [-0.3, -0.25) is 0 Å². The summed E-state index contributed by atoms with van der Waals surface area (Å²) in [7, 11) is 1.92. The van der Waals surface area contributed by atoms with Gasteiger partial charge < -0.3 is 20.7 Å². The van der Waals surface area contributed by atoms with Gasteiger partial charge in [0.05, 0.1) is 6.20 Å². The SMILES string of the molecule is CNc1cccc(CNc2nc(NC3CCOCC3)nc3c(C(C)C)cnn23)c1. The molecule has 2 aromatic heterocycles. The second-order valence-electron chi connectivity index (χ2n) is 7.70. The summed E-state index contributed by atoms with van der Waals surface area (Å²) in [5.41, 5.74) is 4.21. The zero-order valence-corrected chi connectivity index (χ0v) is 17.3. The summed E-state index contributed by atoms with van der Waals surface area (Å²) >= 11 is 0. The Morgan fingerprint density at radius 2 is 2.03 bits per heavy atom. The van der Waals surface area contributed by atoms with Gasteiger partial charge in [0.1, 0.15) is 0 Å². The molecule has 0 atom stereocenters. The van der Waals surface area contributed by atoms with E-state index in [1.54, 1.807) is 4.52 Å². The second-order valence-corrected chi connectivity index (χ2v) is 7.70. The third-order valence-corrected chi connectivity index (χ3v) is 5.24. The van der Waals surface area contributed by atoms with Gasteiger partial charge in [0, 0.05) is 44.1 Å². The standard InChI is InChI=1S/C21H29N7O/c1-14(2)18-13-24-28-19(18)26-20(25-16-7-9-29-10-8-16)27-21(28)23-12-15-5-4-6-17(11-15)22-3/h4-6,11,13-14,16,22H,7-10,12H2,1-3H3,(H2,23,25,26,27). The maximum atomic E-state index is 5.46. The van der Waals surface area contributed by atoms with Crippen LogP contribution in [0.2, 0.25) is 0 Å². The van der Waals surface area contributed by atoms with Crippen molar-refractivity contribution in [3.63, 3.8) is 0 Å². The molecular formula is C21H29N7O. The van der Waals surface area contributed by atoms with Gasteiger partial charge in [0.25, 0.3) is 0 Å². The first-order valence-corrected chi connectivity index (χ1v) is 10.2. The minimum atomic E-state index is 0.330. The molecule has 0 bridgehead atoms. The summed E-state index contributed by atoms with van der Waals surface area (Å²) in [5.74, 6) is 1.66. The van der Waals surface area contributed by atoms with E-state index in [0.717, 1.165) is 43.0 Å². The Balaban J connectivity index is 1.63. The summed E-state index contributed by atoms with van der Waals surface area (Å²) in [6.07, 6.45) is 3.81. The first kappa shape index (κ1) is 19.4. The van der Waals surface area contributed by atoms with E-state index in [-0.39, 0.29) is 0 Å². The lowest BCUT2D eigenvalue weighted by Crippen LogP contribution is -2.29. The van der Waals surface area contributed by atoms with Crippen molar-refractivity contribution in [3.05, 3.63) is 41.6 Å². The summed E-state index contributed by atoms with van der Waals surface area (Å²) in [6, 6.07) is 8.63. The number of benzene rings is 1. The first-order valence-electron chi connectivity index (χ1n) is 10.2. The molecule has 1 fully saturated rings. The number of rotatable bonds is 7. The second kappa shape index (κ2) is 8.65. The highest BCUT2D eigenvalue weighted by Gasteiger charge is 2.18. The van der Waals surface area contributed by atoms with Crippen LogP contribution in [0.4, 0.5) is 17.6 Å². The molecule has 3 aromatic rings. The topological polar surface area (TPSA) is 88.4 Å². The molecule has 1 aromatic carbocycles. The van der Waals surface area contributed by atoms with E-state index in [1.807, 2.05) is 25.4 Å². The Morgan fingerprint density at radius 1 is 1.21 bits per heavy atom. The lowest BCUT2D eigenvalue weighted by Gasteiger charge is -2.23. The van der Waals surface area contributed by atoms with Crippen molar-refractivity contribution in [2.75, 3.05) is 36.2 Å². The Labute approximate surface area is 171 Å². The zero-order valence-electron chi connectivity index (χ0n) is 17.3. The highest BCUT2D eigenvalue weighted by atomic mass is 16.5. The van der Waals surface area contributed by atoms with E-state index in [4.69, 9.17) is 14.7 Å². The van der Waals surface area contributed by atoms with Crippen molar-refractivity contribution in [2.24, 2.45) is 0 Å². The fourth-order valence-electron chi connectivity index (χ4n) is 3.52. The molecule has 0 amide bonds. The number of aromatic nitrogens is 4. The molecule has 3 N–H and O–H groups in total. The summed E-state index contributed by atoms with van der Waals surface area (Å²) < 4.78 is 7.26. The molecule has 0 saturated carbocycles. The third-order valence-electron chi connectivity index (χ3n) is 5.24. The number of fused-ring (bicyclic) bond motifs is 1. The van der Waals surface area contributed by atoms with Crippen LogP contribution in [0, 0.1) is 0 Å². The number of nitrogens with one attached hydrogen (secondary N) is 3. The Bertz CT molecular complexity index is 963. The molecule has 154 valence electrons. The molecule has 8 nitrogen and oxygen atoms in total. The van der Waals surface area contributed by atoms with Crippen molar-refractivity contribution >= 4 is 23.2 Å². The van der Waals surface area contributed by atoms with E-state index in [2.05, 4.69) is 47.0 Å². The van der Waals surface area contributed by atoms with Crippen molar-refractivity contribution in [1.82, 2.24) is 19.6 Å². The van der Waals surface area contributed by atoms with Gasteiger partial charge in [0.2, 0.25) is 11.9 Å². The van der Waals surface area contributed by atoms with Crippen LogP contribution < -0.4 is 16.0 Å². The van der Waals surface area contributed by atoms with Crippen LogP contribution in [0.5, 0.6) is 0 Å². The minimum Gasteiger partial charge on any atom is -0.388 e. The van der Waals surface area contributed by atoms with Crippen LogP contribution in [0.3, 0.4) is 0 Å². The van der Waals surface area contributed by atoms with E-state index >= 15 is 0 Å². The average molecular weight is 396 g/mol. The average Bonchev–Trinajstić information content (AvgIpc) is 3.17. The van der Waals surface area contributed by atoms with Gasteiger partial charge >= 0.3 is 0 Å². The monoisotopic (exact) mass is 395 g/mol. The Hall–Kier alpha value is -2.87. The van der Waals surface area contributed by atoms with Gasteiger partial charge in [-0.25, -0.2) is 0 Å². The Morgan fingerprint density at radius 3 is 2.79 bits per heavy atom. The van der Waals surface area contributed by atoms with Crippen LogP contribution in [-0.2, 0) is 11.3 Å². The number of ether oxygens (including phenoxy) is 1. The predicted octanol–water partition coefficient (Wildman–Crippen LogP) is 3.49. The maximum Gasteiger partial charge on any atom is 0.229 e. The molecule has 8 heteroatoms. The van der Waals surface area contributed by atoms with E-state index in [1.165, 1.54) is 5.56 Å². The highest BCUT2D eigenvalue weighted by molar-refractivity contribution is 5.56. The molecule has 1 saturated heterocycles. The number of hydrogen-bond donors (Lipinski definition) is 3. The fraction of sp³-hybridized carbons (Fsp3) is 0.476. The molecule has 1 aliphatic rings. The smallest absolute Gasteiger partial charge is 0.229 e. The van der Waals surface area contributed by atoms with E-state index in [0.29, 0.717) is 30.4 Å². The quantitative estimate of drug-likeness (QED) is 0.564. The van der Waals surface area contributed by atoms with Gasteiger partial charge in [-0.15, -0.1) is 0 Å².